The van der Waals surface area contributed by atoms with Crippen LogP contribution in [0.3, 0.4) is 0 Å². The summed E-state index contributed by atoms with van der Waals surface area (Å²) < 4.78 is 12.1. The maximum Gasteiger partial charge on any atom is 0.184 e. The summed E-state index contributed by atoms with van der Waals surface area (Å²) in [6, 6.07) is 15.4. The number of hydrogen-bond acceptors (Lipinski definition) is 5. The van der Waals surface area contributed by atoms with Gasteiger partial charge in [-0.25, -0.2) is 0 Å². The van der Waals surface area contributed by atoms with Crippen LogP contribution in [-0.4, -0.2) is 35.3 Å². The van der Waals surface area contributed by atoms with Crippen LogP contribution >= 0.6 is 0 Å². The first-order valence-electron chi connectivity index (χ1n) is 7.03. The van der Waals surface area contributed by atoms with E-state index in [-0.39, 0.29) is 0 Å². The summed E-state index contributed by atoms with van der Waals surface area (Å²) in [5.41, 5.74) is 1.84. The topological polar surface area (TPSA) is 61.5 Å². The highest BCUT2D eigenvalue weighted by molar-refractivity contribution is 5.81. The van der Waals surface area contributed by atoms with Crippen LogP contribution in [0.25, 0.3) is 11.4 Å². The van der Waals surface area contributed by atoms with Crippen molar-refractivity contribution in [2.24, 2.45) is 5.10 Å². The van der Waals surface area contributed by atoms with Gasteiger partial charge in [-0.2, -0.15) is 9.78 Å². The Morgan fingerprint density at radius 1 is 1.00 bits per heavy atom. The van der Waals surface area contributed by atoms with Crippen LogP contribution in [0.1, 0.15) is 5.56 Å². The maximum absolute atomic E-state index is 5.29. The SMILES string of the molecule is COc1ccc(/C=N\n2cnnc2-c2ccccc2)cc1OC. The number of methoxy groups -OCH3 is 2. The summed E-state index contributed by atoms with van der Waals surface area (Å²) in [5.74, 6) is 2.02. The highest BCUT2D eigenvalue weighted by Gasteiger charge is 2.06. The minimum Gasteiger partial charge on any atom is -0.493 e. The molecule has 0 aliphatic carbocycles. The normalized spacial score (nSPS) is 10.9. The summed E-state index contributed by atoms with van der Waals surface area (Å²) in [6.07, 6.45) is 3.29. The molecule has 1 heterocycles. The Hall–Kier alpha value is -3.15. The second-order valence-corrected chi connectivity index (χ2v) is 4.72. The van der Waals surface area contributed by atoms with E-state index in [0.29, 0.717) is 17.3 Å². The lowest BCUT2D eigenvalue weighted by molar-refractivity contribution is 0.355. The summed E-state index contributed by atoms with van der Waals surface area (Å²) in [5, 5.41) is 12.5. The summed E-state index contributed by atoms with van der Waals surface area (Å²) in [4.78, 5) is 0. The standard InChI is InChI=1S/C17H16N4O2/c1-22-15-9-8-13(10-16(15)23-2)11-19-21-12-18-20-17(21)14-6-4-3-5-7-14/h3-12H,1-2H3/b19-11-. The van der Waals surface area contributed by atoms with Crippen LogP contribution in [0, 0.1) is 0 Å². The third kappa shape index (κ3) is 3.21. The molecular weight excluding hydrogens is 292 g/mol. The number of rotatable bonds is 5. The lowest BCUT2D eigenvalue weighted by Crippen LogP contribution is -1.95. The van der Waals surface area contributed by atoms with Gasteiger partial charge >= 0.3 is 0 Å². The van der Waals surface area contributed by atoms with Crippen molar-refractivity contribution in [3.8, 4) is 22.9 Å². The van der Waals surface area contributed by atoms with E-state index in [2.05, 4.69) is 15.3 Å². The Balaban J connectivity index is 1.88. The number of ether oxygens (including phenoxy) is 2. The molecule has 0 aliphatic heterocycles. The Kier molecular flexibility index (Phi) is 4.33. The minimum atomic E-state index is 0.656. The van der Waals surface area contributed by atoms with Gasteiger partial charge in [0.1, 0.15) is 6.33 Å². The van der Waals surface area contributed by atoms with Crippen LogP contribution in [0.4, 0.5) is 0 Å². The van der Waals surface area contributed by atoms with Crippen molar-refractivity contribution < 1.29 is 9.47 Å². The molecule has 6 heteroatoms. The van der Waals surface area contributed by atoms with Crippen LogP contribution in [0.2, 0.25) is 0 Å². The van der Waals surface area contributed by atoms with Gasteiger partial charge in [-0.1, -0.05) is 30.3 Å². The van der Waals surface area contributed by atoms with Crippen LogP contribution in [0.15, 0.2) is 60.0 Å². The quantitative estimate of drug-likeness (QED) is 0.680. The molecule has 0 aliphatic rings. The van der Waals surface area contributed by atoms with Crippen LogP contribution < -0.4 is 9.47 Å². The van der Waals surface area contributed by atoms with Gasteiger partial charge in [-0.15, -0.1) is 10.2 Å². The van der Waals surface area contributed by atoms with Crippen LogP contribution in [-0.2, 0) is 0 Å². The molecule has 0 amide bonds. The van der Waals surface area contributed by atoms with Gasteiger partial charge in [-0.3, -0.25) is 0 Å². The number of benzene rings is 2. The Labute approximate surface area is 134 Å². The molecule has 0 radical (unpaired) electrons. The molecule has 3 aromatic rings. The van der Waals surface area contributed by atoms with Crippen molar-refractivity contribution >= 4 is 6.21 Å². The third-order valence-electron chi connectivity index (χ3n) is 3.30. The highest BCUT2D eigenvalue weighted by Crippen LogP contribution is 2.27. The van der Waals surface area contributed by atoms with Gasteiger partial charge in [0.2, 0.25) is 0 Å². The predicted molar refractivity (Wildman–Crippen MR) is 88.0 cm³/mol. The molecule has 0 fully saturated rings. The minimum absolute atomic E-state index is 0.656. The van der Waals surface area contributed by atoms with E-state index in [9.17, 15) is 0 Å². The van der Waals surface area contributed by atoms with Gasteiger partial charge in [0, 0.05) is 5.56 Å². The molecule has 0 N–H and O–H groups in total. The smallest absolute Gasteiger partial charge is 0.184 e. The monoisotopic (exact) mass is 308 g/mol. The fourth-order valence-corrected chi connectivity index (χ4v) is 2.15. The number of aromatic nitrogens is 3. The van der Waals surface area contributed by atoms with Crippen LogP contribution in [0.5, 0.6) is 11.5 Å². The van der Waals surface area contributed by atoms with E-state index in [1.54, 1.807) is 31.4 Å². The zero-order valence-electron chi connectivity index (χ0n) is 12.9. The fourth-order valence-electron chi connectivity index (χ4n) is 2.15. The lowest BCUT2D eigenvalue weighted by atomic mass is 10.2. The van der Waals surface area contributed by atoms with Crippen molar-refractivity contribution in [2.45, 2.75) is 0 Å². The average molecular weight is 308 g/mol. The molecule has 1 aromatic heterocycles. The summed E-state index contributed by atoms with van der Waals surface area (Å²) >= 11 is 0. The van der Waals surface area contributed by atoms with Crippen molar-refractivity contribution in [2.75, 3.05) is 14.2 Å². The van der Waals surface area contributed by atoms with E-state index in [1.165, 1.54) is 0 Å². The Bertz CT molecular complexity index is 812. The summed E-state index contributed by atoms with van der Waals surface area (Å²) in [6.45, 7) is 0. The average Bonchev–Trinajstić information content (AvgIpc) is 3.09. The molecule has 0 atom stereocenters. The molecular formula is C17H16N4O2. The molecule has 2 aromatic carbocycles. The van der Waals surface area contributed by atoms with E-state index in [1.807, 2.05) is 48.5 Å². The van der Waals surface area contributed by atoms with Crippen molar-refractivity contribution in [3.05, 3.63) is 60.4 Å². The molecule has 23 heavy (non-hydrogen) atoms. The predicted octanol–water partition coefficient (Wildman–Crippen LogP) is 2.84. The second kappa shape index (κ2) is 6.74. The van der Waals surface area contributed by atoms with Gasteiger partial charge in [-0.05, 0) is 23.8 Å². The molecule has 0 unspecified atom stereocenters. The van der Waals surface area contributed by atoms with Gasteiger partial charge < -0.3 is 9.47 Å². The molecule has 0 spiro atoms. The molecule has 0 saturated heterocycles. The van der Waals surface area contributed by atoms with Gasteiger partial charge in [0.05, 0.1) is 20.4 Å². The summed E-state index contributed by atoms with van der Waals surface area (Å²) in [7, 11) is 3.21. The molecule has 0 saturated carbocycles. The maximum atomic E-state index is 5.29. The molecule has 6 nitrogen and oxygen atoms in total. The Morgan fingerprint density at radius 2 is 1.78 bits per heavy atom. The lowest BCUT2D eigenvalue weighted by Gasteiger charge is -2.07. The van der Waals surface area contributed by atoms with Crippen molar-refractivity contribution in [1.82, 2.24) is 14.9 Å². The zero-order chi connectivity index (χ0) is 16.1. The number of hydrogen-bond donors (Lipinski definition) is 0. The zero-order valence-corrected chi connectivity index (χ0v) is 12.9. The van der Waals surface area contributed by atoms with E-state index in [0.717, 1.165) is 11.1 Å². The van der Waals surface area contributed by atoms with E-state index < -0.39 is 0 Å². The van der Waals surface area contributed by atoms with Gasteiger partial charge in [0.25, 0.3) is 0 Å². The first-order valence-corrected chi connectivity index (χ1v) is 7.03. The molecule has 116 valence electrons. The Morgan fingerprint density at radius 3 is 2.52 bits per heavy atom. The first-order chi connectivity index (χ1) is 11.3. The van der Waals surface area contributed by atoms with E-state index >= 15 is 0 Å². The highest BCUT2D eigenvalue weighted by atomic mass is 16.5. The van der Waals surface area contributed by atoms with Crippen molar-refractivity contribution in [1.29, 1.82) is 0 Å². The van der Waals surface area contributed by atoms with Crippen molar-refractivity contribution in [3.63, 3.8) is 0 Å². The second-order valence-electron chi connectivity index (χ2n) is 4.72. The number of nitrogens with zero attached hydrogens (tertiary/aromatic N) is 4. The molecule has 0 bridgehead atoms. The van der Waals surface area contributed by atoms with Gasteiger partial charge in [0.15, 0.2) is 17.3 Å². The first kappa shape index (κ1) is 14.8. The largest absolute Gasteiger partial charge is 0.493 e. The fraction of sp³-hybridized carbons (Fsp3) is 0.118. The third-order valence-corrected chi connectivity index (χ3v) is 3.30. The van der Waals surface area contributed by atoms with E-state index in [4.69, 9.17) is 9.47 Å². The molecule has 3 rings (SSSR count).